The summed E-state index contributed by atoms with van der Waals surface area (Å²) < 4.78 is 48.4. The van der Waals surface area contributed by atoms with Gasteiger partial charge in [0, 0.05) is 19.6 Å². The Morgan fingerprint density at radius 2 is 1.70 bits per heavy atom. The van der Waals surface area contributed by atoms with Gasteiger partial charge in [-0.1, -0.05) is 0 Å². The van der Waals surface area contributed by atoms with Gasteiger partial charge in [-0.05, 0) is 6.92 Å². The van der Waals surface area contributed by atoms with Gasteiger partial charge in [-0.2, -0.15) is 0 Å². The fraction of sp³-hybridized carbons (Fsp3) is 1.00. The van der Waals surface area contributed by atoms with Crippen LogP contribution in [0.3, 0.4) is 0 Å². The van der Waals surface area contributed by atoms with Crippen LogP contribution in [0.2, 0.25) is 0 Å². The predicted octanol–water partition coefficient (Wildman–Crippen LogP) is -4.33. The van der Waals surface area contributed by atoms with Crippen molar-refractivity contribution in [3.8, 4) is 0 Å². The summed E-state index contributed by atoms with van der Waals surface area (Å²) in [5.41, 5.74) is -1.68. The first-order valence-corrected chi connectivity index (χ1v) is 7.41. The molecule has 116 valence electrons. The maximum absolute atomic E-state index is 11.1. The Labute approximate surface area is 141 Å². The standard InChI is InChI=1S/C10H22O8S.Na/c1-2-17-9(3-6-16-7-4-11)10(18-8-5-12)19(13,14)15;/h9-12H,2-8H2,1H3,(H,13,14,15);/q;+1/p-1. The van der Waals surface area contributed by atoms with Crippen LogP contribution in [-0.4, -0.2) is 74.4 Å². The minimum atomic E-state index is -4.71. The summed E-state index contributed by atoms with van der Waals surface area (Å²) in [7, 11) is -4.71. The van der Waals surface area contributed by atoms with Gasteiger partial charge in [-0.3, -0.25) is 0 Å². The third-order valence-electron chi connectivity index (χ3n) is 2.12. The summed E-state index contributed by atoms with van der Waals surface area (Å²) in [6, 6.07) is 0. The molecule has 0 bridgehead atoms. The molecule has 0 aliphatic carbocycles. The van der Waals surface area contributed by atoms with E-state index >= 15 is 0 Å². The van der Waals surface area contributed by atoms with Crippen molar-refractivity contribution in [1.82, 2.24) is 0 Å². The third-order valence-corrected chi connectivity index (χ3v) is 3.13. The molecular formula is C10H21NaO8S. The summed E-state index contributed by atoms with van der Waals surface area (Å²) in [6.45, 7) is 1.29. The Morgan fingerprint density at radius 1 is 1.10 bits per heavy atom. The van der Waals surface area contributed by atoms with E-state index in [0.29, 0.717) is 0 Å². The average molecular weight is 324 g/mol. The second kappa shape index (κ2) is 13.4. The second-order valence-corrected chi connectivity index (χ2v) is 5.02. The van der Waals surface area contributed by atoms with Crippen molar-refractivity contribution in [2.45, 2.75) is 24.9 Å². The van der Waals surface area contributed by atoms with Crippen LogP contribution in [0.15, 0.2) is 0 Å². The SMILES string of the molecule is CCOC(CCOCCO)C(OCCO)S(=O)(=O)[O-].[Na+]. The monoisotopic (exact) mass is 324 g/mol. The van der Waals surface area contributed by atoms with Crippen LogP contribution in [0.1, 0.15) is 13.3 Å². The van der Waals surface area contributed by atoms with Crippen molar-refractivity contribution in [3.05, 3.63) is 0 Å². The Balaban J connectivity index is 0. The third kappa shape index (κ3) is 10.4. The molecule has 0 amide bonds. The molecule has 0 aromatic rings. The first-order valence-electron chi connectivity index (χ1n) is 5.94. The van der Waals surface area contributed by atoms with Gasteiger partial charge < -0.3 is 29.0 Å². The molecule has 0 spiro atoms. The molecule has 0 aromatic heterocycles. The molecule has 2 atom stereocenters. The van der Waals surface area contributed by atoms with Crippen LogP contribution in [0.4, 0.5) is 0 Å². The Morgan fingerprint density at radius 3 is 2.15 bits per heavy atom. The van der Waals surface area contributed by atoms with Crippen molar-refractivity contribution in [2.24, 2.45) is 0 Å². The number of hydrogen-bond acceptors (Lipinski definition) is 8. The van der Waals surface area contributed by atoms with Crippen molar-refractivity contribution >= 4 is 10.1 Å². The molecule has 0 saturated heterocycles. The largest absolute Gasteiger partial charge is 1.00 e. The van der Waals surface area contributed by atoms with Gasteiger partial charge in [0.1, 0.15) is 10.1 Å². The number of aliphatic hydroxyl groups excluding tert-OH is 2. The predicted molar refractivity (Wildman–Crippen MR) is 64.5 cm³/mol. The van der Waals surface area contributed by atoms with Crippen LogP contribution >= 0.6 is 0 Å². The van der Waals surface area contributed by atoms with Crippen LogP contribution < -0.4 is 29.6 Å². The zero-order valence-corrected chi connectivity index (χ0v) is 14.7. The Hall–Kier alpha value is 0.710. The van der Waals surface area contributed by atoms with Gasteiger partial charge in [0.05, 0.1) is 32.5 Å². The molecule has 0 fully saturated rings. The molecule has 0 aliphatic rings. The molecule has 0 heterocycles. The Bertz CT molecular complexity index is 310. The zero-order chi connectivity index (χ0) is 14.7. The van der Waals surface area contributed by atoms with Gasteiger partial charge in [0.2, 0.25) is 0 Å². The van der Waals surface area contributed by atoms with E-state index in [9.17, 15) is 13.0 Å². The Kier molecular flexibility index (Phi) is 15.4. The van der Waals surface area contributed by atoms with E-state index in [1.165, 1.54) is 0 Å². The quantitative estimate of drug-likeness (QED) is 0.210. The van der Waals surface area contributed by atoms with Crippen molar-refractivity contribution in [3.63, 3.8) is 0 Å². The van der Waals surface area contributed by atoms with Crippen LogP contribution in [0, 0.1) is 0 Å². The number of ether oxygens (including phenoxy) is 3. The molecule has 20 heavy (non-hydrogen) atoms. The summed E-state index contributed by atoms with van der Waals surface area (Å²) in [6.07, 6.45) is -0.844. The zero-order valence-electron chi connectivity index (χ0n) is 11.9. The molecule has 8 nitrogen and oxygen atoms in total. The van der Waals surface area contributed by atoms with Gasteiger partial charge in [-0.25, -0.2) is 8.42 Å². The number of aliphatic hydroxyl groups is 2. The fourth-order valence-corrected chi connectivity index (χ4v) is 2.27. The maximum atomic E-state index is 11.1. The van der Waals surface area contributed by atoms with Crippen molar-refractivity contribution in [2.75, 3.05) is 39.6 Å². The molecule has 2 N–H and O–H groups in total. The molecule has 0 aliphatic heterocycles. The van der Waals surface area contributed by atoms with E-state index in [-0.39, 0.29) is 69.0 Å². The fourth-order valence-electron chi connectivity index (χ4n) is 1.42. The second-order valence-electron chi connectivity index (χ2n) is 3.57. The molecule has 0 aromatic carbocycles. The summed E-state index contributed by atoms with van der Waals surface area (Å²) in [4.78, 5) is 0. The number of hydrogen-bond donors (Lipinski definition) is 2. The van der Waals surface area contributed by atoms with E-state index in [0.717, 1.165) is 0 Å². The van der Waals surface area contributed by atoms with E-state index in [1.54, 1.807) is 6.92 Å². The van der Waals surface area contributed by atoms with Gasteiger partial charge >= 0.3 is 29.6 Å². The molecule has 10 heteroatoms. The van der Waals surface area contributed by atoms with E-state index < -0.39 is 28.3 Å². The first-order chi connectivity index (χ1) is 8.97. The van der Waals surface area contributed by atoms with Crippen molar-refractivity contribution < 1.29 is 67.0 Å². The summed E-state index contributed by atoms with van der Waals surface area (Å²) in [5, 5.41) is 17.2. The first kappa shape index (κ1) is 23.0. The molecule has 0 rings (SSSR count). The topological polar surface area (TPSA) is 125 Å². The van der Waals surface area contributed by atoms with Gasteiger partial charge in [0.15, 0.2) is 5.44 Å². The normalized spacial score (nSPS) is 14.6. The minimum absolute atomic E-state index is 0. The molecule has 0 saturated carbocycles. The van der Waals surface area contributed by atoms with E-state index in [1.807, 2.05) is 0 Å². The number of rotatable bonds is 12. The average Bonchev–Trinajstić information content (AvgIpc) is 2.33. The van der Waals surface area contributed by atoms with E-state index in [4.69, 9.17) is 24.4 Å². The van der Waals surface area contributed by atoms with Crippen LogP contribution in [0.5, 0.6) is 0 Å². The summed E-state index contributed by atoms with van der Waals surface area (Å²) >= 11 is 0. The molecule has 0 radical (unpaired) electrons. The summed E-state index contributed by atoms with van der Waals surface area (Å²) in [5.74, 6) is 0. The molecular weight excluding hydrogens is 303 g/mol. The van der Waals surface area contributed by atoms with Crippen LogP contribution in [-0.2, 0) is 24.3 Å². The van der Waals surface area contributed by atoms with Gasteiger partial charge in [0.25, 0.3) is 0 Å². The smallest absolute Gasteiger partial charge is 0.746 e. The molecule has 2 unspecified atom stereocenters. The van der Waals surface area contributed by atoms with Crippen LogP contribution in [0.25, 0.3) is 0 Å². The van der Waals surface area contributed by atoms with E-state index in [2.05, 4.69) is 0 Å². The maximum Gasteiger partial charge on any atom is 1.00 e. The minimum Gasteiger partial charge on any atom is -0.746 e. The van der Waals surface area contributed by atoms with Gasteiger partial charge in [-0.15, -0.1) is 0 Å². The van der Waals surface area contributed by atoms with Crippen molar-refractivity contribution in [1.29, 1.82) is 0 Å².